The molecule has 1 aliphatic rings. The van der Waals surface area contributed by atoms with E-state index in [1.54, 1.807) is 0 Å². The van der Waals surface area contributed by atoms with E-state index in [1.807, 2.05) is 5.32 Å². The molecule has 1 atom stereocenters. The lowest BCUT2D eigenvalue weighted by molar-refractivity contribution is -0.156. The Balaban J connectivity index is 2.39. The molecule has 0 spiro atoms. The van der Waals surface area contributed by atoms with E-state index in [2.05, 4.69) is 5.32 Å². The monoisotopic (exact) mass is 250 g/mol. The Morgan fingerprint density at radius 1 is 1.44 bits per heavy atom. The van der Waals surface area contributed by atoms with Crippen LogP contribution in [0, 0.1) is 0 Å². The molecule has 0 saturated carbocycles. The summed E-state index contributed by atoms with van der Waals surface area (Å²) in [4.78, 5) is 21.8. The van der Waals surface area contributed by atoms with Gasteiger partial charge >= 0.3 is 6.18 Å². The highest BCUT2D eigenvalue weighted by molar-refractivity contribution is 7.13. The van der Waals surface area contributed by atoms with Crippen LogP contribution in [0.15, 0.2) is 5.38 Å². The highest BCUT2D eigenvalue weighted by atomic mass is 32.1. The molecule has 86 valence electrons. The summed E-state index contributed by atoms with van der Waals surface area (Å²) >= 11 is 0.967. The quantitative estimate of drug-likeness (QED) is 0.748. The molecule has 0 bridgehead atoms. The molecule has 0 aromatic carbocycles. The summed E-state index contributed by atoms with van der Waals surface area (Å²) in [5.74, 6) is -1.17. The first-order chi connectivity index (χ1) is 7.43. The van der Waals surface area contributed by atoms with Crippen LogP contribution in [-0.2, 0) is 4.79 Å². The van der Waals surface area contributed by atoms with Crippen molar-refractivity contribution >= 4 is 34.9 Å². The molecule has 1 unspecified atom stereocenters. The molecule has 0 radical (unpaired) electrons. The maximum atomic E-state index is 12.4. The molecule has 2 rings (SSSR count). The van der Waals surface area contributed by atoms with E-state index < -0.39 is 18.1 Å². The molecule has 8 heteroatoms. The van der Waals surface area contributed by atoms with E-state index in [4.69, 9.17) is 0 Å². The van der Waals surface area contributed by atoms with Crippen molar-refractivity contribution in [3.8, 4) is 0 Å². The number of thiophene rings is 1. The van der Waals surface area contributed by atoms with Crippen LogP contribution in [0.4, 0.5) is 24.5 Å². The molecule has 1 aromatic heterocycles. The number of carbonyl (C=O) groups is 2. The summed E-state index contributed by atoms with van der Waals surface area (Å²) in [6.07, 6.45) is -4.24. The van der Waals surface area contributed by atoms with Gasteiger partial charge in [-0.1, -0.05) is 0 Å². The number of alkyl halides is 3. The second-order valence-electron chi connectivity index (χ2n) is 3.11. The Hall–Kier alpha value is -1.57. The van der Waals surface area contributed by atoms with Gasteiger partial charge in [-0.3, -0.25) is 9.59 Å². The molecule has 1 aliphatic heterocycles. The van der Waals surface area contributed by atoms with E-state index in [-0.39, 0.29) is 16.3 Å². The smallest absolute Gasteiger partial charge is 0.363 e. The molecule has 2 N–H and O–H groups in total. The summed E-state index contributed by atoms with van der Waals surface area (Å²) in [6, 6.07) is -2.31. The van der Waals surface area contributed by atoms with Gasteiger partial charge in [0, 0.05) is 5.38 Å². The maximum absolute atomic E-state index is 12.4. The van der Waals surface area contributed by atoms with Crippen molar-refractivity contribution in [2.45, 2.75) is 12.2 Å². The van der Waals surface area contributed by atoms with E-state index in [9.17, 15) is 22.8 Å². The number of halogens is 3. The number of aldehydes is 1. The number of fused-ring (bicyclic) bond motifs is 1. The molecule has 4 nitrogen and oxygen atoms in total. The van der Waals surface area contributed by atoms with Gasteiger partial charge in [0.2, 0.25) is 6.04 Å². The minimum Gasteiger partial charge on any atom is -0.363 e. The third kappa shape index (κ3) is 1.64. The van der Waals surface area contributed by atoms with Crippen molar-refractivity contribution in [3.05, 3.63) is 10.3 Å². The minimum atomic E-state index is -4.69. The number of carbonyl (C=O) groups excluding carboxylic acids is 2. The maximum Gasteiger partial charge on any atom is 0.417 e. The van der Waals surface area contributed by atoms with Gasteiger partial charge < -0.3 is 10.6 Å². The second-order valence-corrected chi connectivity index (χ2v) is 4.03. The normalized spacial score (nSPS) is 19.7. The van der Waals surface area contributed by atoms with Crippen molar-refractivity contribution in [2.24, 2.45) is 0 Å². The standard InChI is InChI=1S/C8H5F3N2O2S/c9-8(10,11)6-7(15)12-3-2-16-4(1-14)5(3)13-6/h1-2,6,13H,(H,12,15). The molecule has 1 aromatic rings. The van der Waals surface area contributed by atoms with E-state index in [0.29, 0.717) is 6.29 Å². The summed E-state index contributed by atoms with van der Waals surface area (Å²) in [6.45, 7) is 0. The van der Waals surface area contributed by atoms with Gasteiger partial charge in [-0.25, -0.2) is 0 Å². The van der Waals surface area contributed by atoms with Crippen LogP contribution in [0.3, 0.4) is 0 Å². The van der Waals surface area contributed by atoms with Gasteiger partial charge in [0.25, 0.3) is 5.91 Å². The van der Waals surface area contributed by atoms with Gasteiger partial charge in [-0.15, -0.1) is 11.3 Å². The van der Waals surface area contributed by atoms with Crippen LogP contribution in [0.5, 0.6) is 0 Å². The zero-order valence-corrected chi connectivity index (χ0v) is 8.41. The number of hydrogen-bond donors (Lipinski definition) is 2. The molecule has 2 heterocycles. The van der Waals surface area contributed by atoms with Gasteiger partial charge in [0.05, 0.1) is 16.3 Å². The van der Waals surface area contributed by atoms with E-state index in [0.717, 1.165) is 11.3 Å². The van der Waals surface area contributed by atoms with Crippen molar-refractivity contribution in [3.63, 3.8) is 0 Å². The average molecular weight is 250 g/mol. The fourth-order valence-electron chi connectivity index (χ4n) is 1.35. The number of nitrogens with one attached hydrogen (secondary N) is 2. The Morgan fingerprint density at radius 2 is 2.12 bits per heavy atom. The Labute approximate surface area is 91.4 Å². The topological polar surface area (TPSA) is 58.2 Å². The van der Waals surface area contributed by atoms with E-state index in [1.165, 1.54) is 5.38 Å². The lowest BCUT2D eigenvalue weighted by atomic mass is 10.1. The Morgan fingerprint density at radius 3 is 2.69 bits per heavy atom. The molecule has 0 saturated heterocycles. The van der Waals surface area contributed by atoms with Gasteiger partial charge in [-0.05, 0) is 0 Å². The lowest BCUT2D eigenvalue weighted by Crippen LogP contribution is -2.48. The summed E-state index contributed by atoms with van der Waals surface area (Å²) in [5.41, 5.74) is 0.236. The number of amides is 1. The Bertz CT molecular complexity index is 455. The van der Waals surface area contributed by atoms with Crippen molar-refractivity contribution < 1.29 is 22.8 Å². The van der Waals surface area contributed by atoms with Gasteiger partial charge in [-0.2, -0.15) is 13.2 Å². The number of rotatable bonds is 1. The first kappa shape index (κ1) is 10.9. The number of hydrogen-bond acceptors (Lipinski definition) is 4. The van der Waals surface area contributed by atoms with Crippen LogP contribution in [0.2, 0.25) is 0 Å². The second kappa shape index (κ2) is 3.48. The SMILES string of the molecule is O=Cc1scc2c1NC(C(F)(F)F)C(=O)N2. The summed E-state index contributed by atoms with van der Waals surface area (Å²) < 4.78 is 37.3. The fraction of sp³-hybridized carbons (Fsp3) is 0.250. The first-order valence-corrected chi connectivity index (χ1v) is 5.02. The largest absolute Gasteiger partial charge is 0.417 e. The van der Waals surface area contributed by atoms with Crippen LogP contribution in [-0.4, -0.2) is 24.4 Å². The van der Waals surface area contributed by atoms with Crippen LogP contribution >= 0.6 is 11.3 Å². The third-order valence-corrected chi connectivity index (χ3v) is 2.97. The van der Waals surface area contributed by atoms with Gasteiger partial charge in [0.1, 0.15) is 0 Å². The summed E-state index contributed by atoms with van der Waals surface area (Å²) in [5, 5.41) is 5.54. The minimum absolute atomic E-state index is 0.0296. The predicted octanol–water partition coefficient (Wildman–Crippen LogP) is 1.86. The van der Waals surface area contributed by atoms with Gasteiger partial charge in [0.15, 0.2) is 6.29 Å². The molecule has 0 fully saturated rings. The van der Waals surface area contributed by atoms with E-state index >= 15 is 0 Å². The molecule has 0 aliphatic carbocycles. The summed E-state index contributed by atoms with van der Waals surface area (Å²) in [7, 11) is 0. The predicted molar refractivity (Wildman–Crippen MR) is 51.8 cm³/mol. The molecule has 16 heavy (non-hydrogen) atoms. The van der Waals surface area contributed by atoms with Crippen LogP contribution in [0.25, 0.3) is 0 Å². The highest BCUT2D eigenvalue weighted by Gasteiger charge is 2.47. The number of anilines is 2. The van der Waals surface area contributed by atoms with Crippen molar-refractivity contribution in [1.82, 2.24) is 0 Å². The zero-order valence-electron chi connectivity index (χ0n) is 7.59. The molecule has 1 amide bonds. The molecular weight excluding hydrogens is 245 g/mol. The average Bonchev–Trinajstić information content (AvgIpc) is 2.56. The van der Waals surface area contributed by atoms with Crippen molar-refractivity contribution in [2.75, 3.05) is 10.6 Å². The van der Waals surface area contributed by atoms with Crippen LogP contribution in [0.1, 0.15) is 9.67 Å². The Kier molecular flexibility index (Phi) is 2.38. The van der Waals surface area contributed by atoms with Crippen LogP contribution < -0.4 is 10.6 Å². The third-order valence-electron chi connectivity index (χ3n) is 2.06. The zero-order chi connectivity index (χ0) is 11.9. The fourth-order valence-corrected chi connectivity index (χ4v) is 2.11. The molecular formula is C8H5F3N2O2S. The first-order valence-electron chi connectivity index (χ1n) is 4.14. The lowest BCUT2D eigenvalue weighted by Gasteiger charge is -2.26. The highest BCUT2D eigenvalue weighted by Crippen LogP contribution is 2.38. The van der Waals surface area contributed by atoms with Crippen molar-refractivity contribution in [1.29, 1.82) is 0 Å².